The van der Waals surface area contributed by atoms with Crippen LogP contribution < -0.4 is 19.7 Å². The summed E-state index contributed by atoms with van der Waals surface area (Å²) in [5, 5.41) is 53.0. The molecule has 4 aliphatic heterocycles. The highest BCUT2D eigenvalue weighted by Gasteiger charge is 2.48. The fourth-order valence-corrected chi connectivity index (χ4v) is 7.38. The normalized spacial score (nSPS) is 28.2. The van der Waals surface area contributed by atoms with Gasteiger partial charge in [0.15, 0.2) is 29.7 Å². The van der Waals surface area contributed by atoms with E-state index < -0.39 is 60.7 Å². The average molecular weight is 713 g/mol. The zero-order valence-corrected chi connectivity index (χ0v) is 27.4. The summed E-state index contributed by atoms with van der Waals surface area (Å²) in [5.74, 6) is -2.56. The number of para-hydroxylation sites is 1. The molecule has 4 heterocycles. The van der Waals surface area contributed by atoms with E-state index in [-0.39, 0.29) is 84.2 Å². The number of aliphatic hydroxyl groups excluding tert-OH is 4. The molecule has 268 valence electrons. The van der Waals surface area contributed by atoms with Crippen LogP contribution in [0.4, 0.5) is 5.69 Å². The van der Waals surface area contributed by atoms with E-state index in [2.05, 4.69) is 15.3 Å². The number of carbonyl (C=O) groups is 3. The Kier molecular flexibility index (Phi) is 8.75. The number of nitrogens with one attached hydrogen (secondary N) is 3. The third-order valence-corrected chi connectivity index (χ3v) is 9.84. The SMILES string of the molecule is N=C1N=C2C(=NC[NH+]2c2ccccc2[C@@H]2CCOC[C@@H]3O[C@H](Oc4c2cc2c(c4OCCO)C(=O)c4ccccc4C2=O)[C@@H](O)[C@H](O)[C@H]3O)C(=O)N1. The molecule has 2 bridgehead atoms. The Morgan fingerprint density at radius 2 is 1.69 bits per heavy atom. The van der Waals surface area contributed by atoms with Gasteiger partial charge in [-0.05, 0) is 18.6 Å². The molecule has 0 spiro atoms. The molecule has 1 aliphatic carbocycles. The number of rotatable bonds is 5. The number of hydrogen-bond donors (Lipinski definition) is 7. The van der Waals surface area contributed by atoms with Crippen molar-refractivity contribution >= 4 is 40.7 Å². The summed E-state index contributed by atoms with van der Waals surface area (Å²) in [4.78, 5) is 50.4. The van der Waals surface area contributed by atoms with E-state index in [1.165, 1.54) is 6.07 Å². The predicted molar refractivity (Wildman–Crippen MR) is 180 cm³/mol. The highest BCUT2D eigenvalue weighted by molar-refractivity contribution is 6.68. The van der Waals surface area contributed by atoms with E-state index >= 15 is 0 Å². The molecule has 0 radical (unpaired) electrons. The summed E-state index contributed by atoms with van der Waals surface area (Å²) in [6.45, 7) is -0.771. The molecule has 5 aliphatic rings. The van der Waals surface area contributed by atoms with Crippen LogP contribution in [-0.4, -0.2) is 119 Å². The minimum Gasteiger partial charge on any atom is -0.486 e. The lowest BCUT2D eigenvalue weighted by atomic mass is 9.79. The van der Waals surface area contributed by atoms with Gasteiger partial charge in [0.1, 0.15) is 36.7 Å². The van der Waals surface area contributed by atoms with Crippen molar-refractivity contribution in [3.63, 3.8) is 0 Å². The number of hydrogen-bond acceptors (Lipinski definition) is 13. The van der Waals surface area contributed by atoms with Gasteiger partial charge in [0.25, 0.3) is 11.7 Å². The van der Waals surface area contributed by atoms with Crippen molar-refractivity contribution in [1.82, 2.24) is 5.32 Å². The summed E-state index contributed by atoms with van der Waals surface area (Å²) in [6, 6.07) is 15.2. The minimum atomic E-state index is -1.76. The van der Waals surface area contributed by atoms with Crippen LogP contribution in [0.2, 0.25) is 0 Å². The van der Waals surface area contributed by atoms with Crippen LogP contribution in [0.1, 0.15) is 55.3 Å². The van der Waals surface area contributed by atoms with Gasteiger partial charge in [-0.1, -0.05) is 42.5 Å². The van der Waals surface area contributed by atoms with Gasteiger partial charge in [-0.15, -0.1) is 0 Å². The van der Waals surface area contributed by atoms with Gasteiger partial charge in [0.2, 0.25) is 18.0 Å². The fourth-order valence-electron chi connectivity index (χ4n) is 7.38. The lowest BCUT2D eigenvalue weighted by Gasteiger charge is -2.40. The van der Waals surface area contributed by atoms with E-state index in [9.17, 15) is 34.8 Å². The quantitative estimate of drug-likeness (QED) is 0.132. The van der Waals surface area contributed by atoms with E-state index in [1.54, 1.807) is 36.4 Å². The minimum absolute atomic E-state index is 0.0246. The summed E-state index contributed by atoms with van der Waals surface area (Å²) >= 11 is 0. The molecule has 3 aromatic carbocycles. The number of amides is 1. The Morgan fingerprint density at radius 3 is 2.48 bits per heavy atom. The molecule has 3 aromatic rings. The number of carbonyl (C=O) groups excluding carboxylic acids is 3. The molecular weight excluding hydrogens is 678 g/mol. The second kappa shape index (κ2) is 13.4. The van der Waals surface area contributed by atoms with Crippen molar-refractivity contribution in [3.8, 4) is 11.5 Å². The molecular formula is C36H34N5O11+. The smallest absolute Gasteiger partial charge is 0.284 e. The summed E-state index contributed by atoms with van der Waals surface area (Å²) in [6.07, 6.45) is -7.45. The van der Waals surface area contributed by atoms with E-state index in [0.717, 1.165) is 0 Å². The number of nitrogens with zero attached hydrogens (tertiary/aromatic N) is 2. The number of amidine groups is 1. The first-order valence-corrected chi connectivity index (χ1v) is 16.7. The van der Waals surface area contributed by atoms with Gasteiger partial charge < -0.3 is 39.4 Å². The number of benzene rings is 3. The van der Waals surface area contributed by atoms with Gasteiger partial charge in [0, 0.05) is 40.3 Å². The topological polar surface area (TPSA) is 234 Å². The summed E-state index contributed by atoms with van der Waals surface area (Å²) in [7, 11) is 0. The van der Waals surface area contributed by atoms with Crippen LogP contribution in [0.25, 0.3) is 0 Å². The molecule has 7 N–H and O–H groups in total. The van der Waals surface area contributed by atoms with Crippen LogP contribution in [0, 0.1) is 5.41 Å². The molecule has 1 fully saturated rings. The van der Waals surface area contributed by atoms with Crippen molar-refractivity contribution in [3.05, 3.63) is 88.0 Å². The fraction of sp³-hybridized carbons (Fsp3) is 0.333. The van der Waals surface area contributed by atoms with Crippen LogP contribution >= 0.6 is 0 Å². The monoisotopic (exact) mass is 712 g/mol. The molecule has 1 saturated heterocycles. The standard InChI is InChI=1S/C36H33N5O11/c37-36-39-33-25(34(48)40-36)38-15-41(33)22-8-4-3-5-17(22)16-9-11-49-14-23-28(45)29(46)30(47)35(51-23)52-31-20(16)13-21-24(32(31)50-12-10-42)27(44)19-7-2-1-6-18(19)26(21)43/h1-8,13,16,23,28-30,35,42,45-47H,9-12,14-15H2,(H2,37,40,48)/p+1/t16-,23-,28-,29+,30-,35+/m0/s1. The van der Waals surface area contributed by atoms with Crippen molar-refractivity contribution < 1.29 is 58.7 Å². The van der Waals surface area contributed by atoms with Crippen LogP contribution in [0.5, 0.6) is 11.5 Å². The number of fused-ring (bicyclic) bond motifs is 6. The van der Waals surface area contributed by atoms with Crippen molar-refractivity contribution in [2.24, 2.45) is 9.98 Å². The Hall–Kier alpha value is -5.20. The average Bonchev–Trinajstić information content (AvgIpc) is 3.56. The first-order chi connectivity index (χ1) is 25.2. The maximum absolute atomic E-state index is 14.2. The van der Waals surface area contributed by atoms with Crippen LogP contribution in [0.15, 0.2) is 64.6 Å². The number of ketones is 2. The maximum Gasteiger partial charge on any atom is 0.284 e. The predicted octanol–water partition coefficient (Wildman–Crippen LogP) is -1.04. The number of aliphatic hydroxyl groups is 4. The zero-order chi connectivity index (χ0) is 36.3. The molecule has 8 rings (SSSR count). The third kappa shape index (κ3) is 5.52. The number of ether oxygens (including phenoxy) is 4. The summed E-state index contributed by atoms with van der Waals surface area (Å²) < 4.78 is 24.4. The number of quaternary nitrogens is 1. The van der Waals surface area contributed by atoms with Crippen molar-refractivity contribution in [2.45, 2.75) is 43.0 Å². The van der Waals surface area contributed by atoms with E-state index in [0.29, 0.717) is 21.7 Å². The van der Waals surface area contributed by atoms with E-state index in [1.807, 2.05) is 12.1 Å². The van der Waals surface area contributed by atoms with Crippen LogP contribution in [-0.2, 0) is 14.3 Å². The Balaban J connectivity index is 1.36. The molecule has 0 saturated carbocycles. The lowest BCUT2D eigenvalue weighted by Crippen LogP contribution is -3.09. The third-order valence-electron chi connectivity index (χ3n) is 9.84. The number of guanidine groups is 1. The van der Waals surface area contributed by atoms with Gasteiger partial charge in [-0.2, -0.15) is 4.99 Å². The molecule has 7 atom stereocenters. The van der Waals surface area contributed by atoms with Crippen LogP contribution in [0.3, 0.4) is 0 Å². The first kappa shape index (κ1) is 33.9. The molecule has 16 nitrogen and oxygen atoms in total. The second-order valence-corrected chi connectivity index (χ2v) is 12.9. The molecule has 1 unspecified atom stereocenters. The highest BCUT2D eigenvalue weighted by atomic mass is 16.7. The molecule has 52 heavy (non-hydrogen) atoms. The molecule has 1 amide bonds. The lowest BCUT2D eigenvalue weighted by molar-refractivity contribution is -0.723. The van der Waals surface area contributed by atoms with E-state index in [4.69, 9.17) is 24.4 Å². The van der Waals surface area contributed by atoms with Gasteiger partial charge >= 0.3 is 0 Å². The molecule has 0 aromatic heterocycles. The maximum atomic E-state index is 14.2. The van der Waals surface area contributed by atoms with Crippen molar-refractivity contribution in [1.29, 1.82) is 5.41 Å². The van der Waals surface area contributed by atoms with Gasteiger partial charge in [-0.3, -0.25) is 25.1 Å². The number of aliphatic imine (C=N–C) groups is 2. The Bertz CT molecular complexity index is 2080. The Labute approximate surface area is 295 Å². The highest BCUT2D eigenvalue weighted by Crippen LogP contribution is 2.48. The zero-order valence-electron chi connectivity index (χ0n) is 27.4. The molecule has 16 heteroatoms. The van der Waals surface area contributed by atoms with Gasteiger partial charge in [-0.25, -0.2) is 9.89 Å². The second-order valence-electron chi connectivity index (χ2n) is 12.9. The summed E-state index contributed by atoms with van der Waals surface area (Å²) in [5.41, 5.74) is 1.98. The largest absolute Gasteiger partial charge is 0.486 e. The van der Waals surface area contributed by atoms with Crippen molar-refractivity contribution in [2.75, 3.05) is 33.1 Å². The Morgan fingerprint density at radius 1 is 0.942 bits per heavy atom. The van der Waals surface area contributed by atoms with Gasteiger partial charge in [0.05, 0.1) is 18.8 Å². The first-order valence-electron chi connectivity index (χ1n) is 16.7.